The summed E-state index contributed by atoms with van der Waals surface area (Å²) in [7, 11) is 0. The summed E-state index contributed by atoms with van der Waals surface area (Å²) in [5.74, 6) is -0.295. The molecule has 4 rings (SSSR count). The second-order valence-electron chi connectivity index (χ2n) is 7.78. The zero-order valence-electron chi connectivity index (χ0n) is 15.5. The molecule has 2 atom stereocenters. The van der Waals surface area contributed by atoms with Crippen LogP contribution in [0.15, 0.2) is 36.5 Å². The molecule has 2 aliphatic rings. The Balaban J connectivity index is 1.59. The molecule has 1 amide bonds. The van der Waals surface area contributed by atoms with Crippen LogP contribution in [0.3, 0.4) is 0 Å². The number of amides is 1. The summed E-state index contributed by atoms with van der Waals surface area (Å²) in [5, 5.41) is 1.22. The van der Waals surface area contributed by atoms with Crippen molar-refractivity contribution in [3.8, 4) is 0 Å². The molecule has 0 saturated carbocycles. The fourth-order valence-corrected chi connectivity index (χ4v) is 4.74. The minimum absolute atomic E-state index is 0.0333. The molecule has 0 aliphatic carbocycles. The first-order valence-electron chi connectivity index (χ1n) is 10.1. The van der Waals surface area contributed by atoms with E-state index in [4.69, 9.17) is 5.73 Å². The highest BCUT2D eigenvalue weighted by Crippen LogP contribution is 2.34. The largest absolute Gasteiger partial charge is 0.369 e. The molecular weight excluding hydrogens is 324 g/mol. The fraction of sp³-hybridized carbons (Fsp3) is 0.571. The van der Waals surface area contributed by atoms with Gasteiger partial charge in [-0.05, 0) is 56.3 Å². The van der Waals surface area contributed by atoms with E-state index in [0.29, 0.717) is 0 Å². The highest BCUT2D eigenvalue weighted by atomic mass is 16.1. The van der Waals surface area contributed by atoms with Crippen LogP contribution < -0.4 is 5.73 Å². The summed E-state index contributed by atoms with van der Waals surface area (Å²) in [6.07, 6.45) is 8.08. The van der Waals surface area contributed by atoms with Gasteiger partial charge in [0.05, 0.1) is 12.1 Å². The van der Waals surface area contributed by atoms with Crippen molar-refractivity contribution in [2.75, 3.05) is 32.7 Å². The van der Waals surface area contributed by atoms with Crippen molar-refractivity contribution in [1.29, 1.82) is 0 Å². The van der Waals surface area contributed by atoms with Gasteiger partial charge in [0.15, 0.2) is 0 Å². The number of carbonyl (C=O) groups excluding carboxylic acids is 1. The van der Waals surface area contributed by atoms with E-state index < -0.39 is 0 Å². The minimum atomic E-state index is -0.171. The van der Waals surface area contributed by atoms with E-state index in [0.717, 1.165) is 32.5 Å². The van der Waals surface area contributed by atoms with Crippen molar-refractivity contribution in [3.63, 3.8) is 0 Å². The normalized spacial score (nSPS) is 25.5. The van der Waals surface area contributed by atoms with Gasteiger partial charge in [-0.2, -0.15) is 0 Å². The van der Waals surface area contributed by atoms with Gasteiger partial charge in [-0.15, -0.1) is 0 Å². The maximum atomic E-state index is 12.2. The van der Waals surface area contributed by atoms with Gasteiger partial charge in [-0.3, -0.25) is 9.69 Å². The number of piperidine rings is 2. The van der Waals surface area contributed by atoms with E-state index in [1.165, 1.54) is 43.3 Å². The Hall–Kier alpha value is -1.85. The SMILES string of the molecule is NC(=O)C1CCCN(CCN2CCCCC2)C1n1ccc2ccccc21. The molecule has 1 aromatic heterocycles. The van der Waals surface area contributed by atoms with E-state index in [1.54, 1.807) is 0 Å². The number of nitrogens with two attached hydrogens (primary N) is 1. The van der Waals surface area contributed by atoms with Crippen molar-refractivity contribution < 1.29 is 4.79 Å². The lowest BCUT2D eigenvalue weighted by molar-refractivity contribution is -0.127. The lowest BCUT2D eigenvalue weighted by atomic mass is 9.93. The van der Waals surface area contributed by atoms with E-state index in [2.05, 4.69) is 50.9 Å². The molecule has 2 aliphatic heterocycles. The number of para-hydroxylation sites is 1. The molecule has 2 unspecified atom stereocenters. The molecule has 1 aromatic carbocycles. The van der Waals surface area contributed by atoms with E-state index in [-0.39, 0.29) is 18.0 Å². The zero-order chi connectivity index (χ0) is 17.9. The number of aromatic nitrogens is 1. The molecule has 5 nitrogen and oxygen atoms in total. The summed E-state index contributed by atoms with van der Waals surface area (Å²) >= 11 is 0. The molecule has 0 spiro atoms. The van der Waals surface area contributed by atoms with Crippen LogP contribution in [0.5, 0.6) is 0 Å². The van der Waals surface area contributed by atoms with Crippen LogP contribution in [0.4, 0.5) is 0 Å². The van der Waals surface area contributed by atoms with Gasteiger partial charge >= 0.3 is 0 Å². The van der Waals surface area contributed by atoms with E-state index >= 15 is 0 Å². The average Bonchev–Trinajstić information content (AvgIpc) is 3.10. The lowest BCUT2D eigenvalue weighted by Crippen LogP contribution is -2.49. The smallest absolute Gasteiger partial charge is 0.224 e. The van der Waals surface area contributed by atoms with Crippen molar-refractivity contribution in [3.05, 3.63) is 36.5 Å². The van der Waals surface area contributed by atoms with Crippen molar-refractivity contribution in [1.82, 2.24) is 14.4 Å². The minimum Gasteiger partial charge on any atom is -0.369 e. The summed E-state index contributed by atoms with van der Waals surface area (Å²) < 4.78 is 2.28. The molecule has 0 radical (unpaired) electrons. The van der Waals surface area contributed by atoms with Gasteiger partial charge in [-0.1, -0.05) is 24.6 Å². The van der Waals surface area contributed by atoms with Crippen LogP contribution in [0.1, 0.15) is 38.3 Å². The predicted octanol–water partition coefficient (Wildman–Crippen LogP) is 2.82. The molecule has 2 fully saturated rings. The summed E-state index contributed by atoms with van der Waals surface area (Å²) in [4.78, 5) is 17.3. The van der Waals surface area contributed by atoms with Crippen LogP contribution in [0, 0.1) is 5.92 Å². The maximum absolute atomic E-state index is 12.2. The molecule has 0 bridgehead atoms. The second-order valence-corrected chi connectivity index (χ2v) is 7.78. The van der Waals surface area contributed by atoms with Crippen LogP contribution in [0.2, 0.25) is 0 Å². The summed E-state index contributed by atoms with van der Waals surface area (Å²) in [5.41, 5.74) is 7.01. The summed E-state index contributed by atoms with van der Waals surface area (Å²) in [6.45, 7) is 5.55. The lowest BCUT2D eigenvalue weighted by Gasteiger charge is -2.42. The van der Waals surface area contributed by atoms with Crippen LogP contribution in [-0.4, -0.2) is 53.0 Å². The van der Waals surface area contributed by atoms with Crippen LogP contribution in [0.25, 0.3) is 10.9 Å². The van der Waals surface area contributed by atoms with Crippen molar-refractivity contribution in [2.24, 2.45) is 11.7 Å². The molecule has 140 valence electrons. The Kier molecular flexibility index (Phi) is 5.27. The maximum Gasteiger partial charge on any atom is 0.224 e. The van der Waals surface area contributed by atoms with Crippen molar-refractivity contribution >= 4 is 16.8 Å². The predicted molar refractivity (Wildman–Crippen MR) is 105 cm³/mol. The zero-order valence-corrected chi connectivity index (χ0v) is 15.5. The van der Waals surface area contributed by atoms with Crippen LogP contribution in [-0.2, 0) is 4.79 Å². The standard InChI is InChI=1S/C21H30N4O/c22-20(26)18-8-6-13-24(16-15-23-11-4-1-5-12-23)21(18)25-14-10-17-7-2-3-9-19(17)25/h2-3,7,9-10,14,18,21H,1,4-6,8,11-13,15-16H2,(H2,22,26). The number of nitrogens with zero attached hydrogens (tertiary/aromatic N) is 3. The molecule has 2 N–H and O–H groups in total. The third kappa shape index (κ3) is 3.51. The fourth-order valence-electron chi connectivity index (χ4n) is 4.74. The molecule has 5 heteroatoms. The number of hydrogen-bond donors (Lipinski definition) is 1. The number of hydrogen-bond acceptors (Lipinski definition) is 3. The Morgan fingerprint density at radius 2 is 1.81 bits per heavy atom. The monoisotopic (exact) mass is 354 g/mol. The quantitative estimate of drug-likeness (QED) is 0.898. The average molecular weight is 354 g/mol. The topological polar surface area (TPSA) is 54.5 Å². The number of fused-ring (bicyclic) bond motifs is 1. The Morgan fingerprint density at radius 1 is 1.00 bits per heavy atom. The van der Waals surface area contributed by atoms with Gasteiger partial charge in [0.1, 0.15) is 0 Å². The Labute approximate surface area is 155 Å². The van der Waals surface area contributed by atoms with Gasteiger partial charge in [0.25, 0.3) is 0 Å². The summed E-state index contributed by atoms with van der Waals surface area (Å²) in [6, 6.07) is 10.5. The number of primary amides is 1. The molecule has 3 heterocycles. The molecule has 2 aromatic rings. The molecule has 2 saturated heterocycles. The first-order valence-corrected chi connectivity index (χ1v) is 10.1. The third-order valence-electron chi connectivity index (χ3n) is 6.13. The Bertz CT molecular complexity index is 749. The first-order chi connectivity index (χ1) is 12.7. The van der Waals surface area contributed by atoms with Gasteiger partial charge < -0.3 is 15.2 Å². The van der Waals surface area contributed by atoms with E-state index in [9.17, 15) is 4.79 Å². The van der Waals surface area contributed by atoms with Crippen LogP contribution >= 0.6 is 0 Å². The number of likely N-dealkylation sites (tertiary alicyclic amines) is 2. The van der Waals surface area contributed by atoms with E-state index in [1.807, 2.05) is 0 Å². The highest BCUT2D eigenvalue weighted by molar-refractivity contribution is 5.81. The highest BCUT2D eigenvalue weighted by Gasteiger charge is 2.36. The molecular formula is C21H30N4O. The molecule has 26 heavy (non-hydrogen) atoms. The number of rotatable bonds is 5. The van der Waals surface area contributed by atoms with Gasteiger partial charge in [-0.25, -0.2) is 0 Å². The number of benzene rings is 1. The van der Waals surface area contributed by atoms with Gasteiger partial charge in [0, 0.05) is 31.3 Å². The Morgan fingerprint density at radius 3 is 2.62 bits per heavy atom. The number of carbonyl (C=O) groups is 1. The third-order valence-corrected chi connectivity index (χ3v) is 6.13. The first kappa shape index (κ1) is 17.6. The second kappa shape index (κ2) is 7.80. The van der Waals surface area contributed by atoms with Gasteiger partial charge in [0.2, 0.25) is 5.91 Å². The van der Waals surface area contributed by atoms with Crippen molar-refractivity contribution in [2.45, 2.75) is 38.3 Å².